The molecule has 0 radical (unpaired) electrons. The highest BCUT2D eigenvalue weighted by atomic mass is 35.5. The SMILES string of the molecule is O=C(CC1CCCCC1)Oc1ccc(Cl)cc1. The van der Waals surface area contributed by atoms with E-state index >= 15 is 0 Å². The number of halogens is 1. The number of esters is 1. The van der Waals surface area contributed by atoms with Gasteiger partial charge >= 0.3 is 5.97 Å². The van der Waals surface area contributed by atoms with Crippen molar-refractivity contribution in [2.75, 3.05) is 0 Å². The number of rotatable bonds is 3. The molecule has 17 heavy (non-hydrogen) atoms. The molecule has 1 aromatic carbocycles. The van der Waals surface area contributed by atoms with E-state index in [0.717, 1.165) is 12.8 Å². The van der Waals surface area contributed by atoms with E-state index in [4.69, 9.17) is 16.3 Å². The highest BCUT2D eigenvalue weighted by Gasteiger charge is 2.18. The summed E-state index contributed by atoms with van der Waals surface area (Å²) in [6.45, 7) is 0. The van der Waals surface area contributed by atoms with Crippen LogP contribution in [0.2, 0.25) is 5.02 Å². The predicted molar refractivity (Wildman–Crippen MR) is 68.3 cm³/mol. The lowest BCUT2D eigenvalue weighted by atomic mass is 9.87. The van der Waals surface area contributed by atoms with Crippen LogP contribution < -0.4 is 4.74 Å². The summed E-state index contributed by atoms with van der Waals surface area (Å²) in [4.78, 5) is 11.7. The van der Waals surface area contributed by atoms with E-state index in [1.54, 1.807) is 24.3 Å². The number of benzene rings is 1. The Bertz CT molecular complexity index is 366. The van der Waals surface area contributed by atoms with E-state index < -0.39 is 0 Å². The Morgan fingerprint density at radius 2 is 1.82 bits per heavy atom. The second-order valence-electron chi connectivity index (χ2n) is 4.64. The Balaban J connectivity index is 1.82. The second kappa shape index (κ2) is 6.06. The van der Waals surface area contributed by atoms with Crippen molar-refractivity contribution < 1.29 is 9.53 Å². The third kappa shape index (κ3) is 4.04. The average Bonchev–Trinajstić information content (AvgIpc) is 2.33. The van der Waals surface area contributed by atoms with Crippen molar-refractivity contribution in [1.82, 2.24) is 0 Å². The van der Waals surface area contributed by atoms with E-state index in [0.29, 0.717) is 23.1 Å². The quantitative estimate of drug-likeness (QED) is 0.595. The summed E-state index contributed by atoms with van der Waals surface area (Å²) in [6.07, 6.45) is 6.68. The molecule has 3 heteroatoms. The zero-order valence-corrected chi connectivity index (χ0v) is 10.6. The van der Waals surface area contributed by atoms with Crippen molar-refractivity contribution in [3.8, 4) is 5.75 Å². The predicted octanol–water partition coefficient (Wildman–Crippen LogP) is 4.22. The van der Waals surface area contributed by atoms with Gasteiger partial charge in [-0.05, 0) is 43.0 Å². The molecule has 0 aromatic heterocycles. The minimum Gasteiger partial charge on any atom is -0.427 e. The highest BCUT2D eigenvalue weighted by Crippen LogP contribution is 2.27. The molecule has 0 bridgehead atoms. The number of ether oxygens (including phenoxy) is 1. The summed E-state index contributed by atoms with van der Waals surface area (Å²) < 4.78 is 5.27. The van der Waals surface area contributed by atoms with E-state index in [-0.39, 0.29) is 5.97 Å². The molecule has 0 heterocycles. The van der Waals surface area contributed by atoms with Crippen LogP contribution in [0.4, 0.5) is 0 Å². The first-order valence-electron chi connectivity index (χ1n) is 6.20. The van der Waals surface area contributed by atoms with Crippen molar-refractivity contribution >= 4 is 17.6 Å². The van der Waals surface area contributed by atoms with E-state index in [2.05, 4.69) is 0 Å². The molecule has 0 N–H and O–H groups in total. The lowest BCUT2D eigenvalue weighted by Gasteiger charge is -2.20. The van der Waals surface area contributed by atoms with Crippen molar-refractivity contribution in [3.63, 3.8) is 0 Å². The molecule has 0 aliphatic heterocycles. The van der Waals surface area contributed by atoms with Gasteiger partial charge in [0, 0.05) is 11.4 Å². The maximum Gasteiger partial charge on any atom is 0.311 e. The van der Waals surface area contributed by atoms with Crippen LogP contribution in [0, 0.1) is 5.92 Å². The molecule has 1 aliphatic rings. The summed E-state index contributed by atoms with van der Waals surface area (Å²) >= 11 is 5.76. The van der Waals surface area contributed by atoms with Crippen LogP contribution in [-0.2, 0) is 4.79 Å². The third-order valence-electron chi connectivity index (χ3n) is 3.23. The molecule has 0 atom stereocenters. The molecule has 0 spiro atoms. The van der Waals surface area contributed by atoms with E-state index in [1.807, 2.05) is 0 Å². The van der Waals surface area contributed by atoms with Gasteiger partial charge < -0.3 is 4.74 Å². The van der Waals surface area contributed by atoms with E-state index in [1.165, 1.54) is 19.3 Å². The Morgan fingerprint density at radius 3 is 2.47 bits per heavy atom. The van der Waals surface area contributed by atoms with Gasteiger partial charge in [0.05, 0.1) is 0 Å². The Kier molecular flexibility index (Phi) is 4.43. The molecule has 0 amide bonds. The van der Waals surface area contributed by atoms with Gasteiger partial charge in [-0.25, -0.2) is 0 Å². The fraction of sp³-hybridized carbons (Fsp3) is 0.500. The molecule has 92 valence electrons. The number of hydrogen-bond acceptors (Lipinski definition) is 2. The maximum atomic E-state index is 11.7. The van der Waals surface area contributed by atoms with Gasteiger partial charge in [-0.1, -0.05) is 30.9 Å². The summed E-state index contributed by atoms with van der Waals surface area (Å²) in [5, 5.41) is 0.650. The van der Waals surface area contributed by atoms with Crippen LogP contribution in [-0.4, -0.2) is 5.97 Å². The fourth-order valence-corrected chi connectivity index (χ4v) is 2.43. The van der Waals surface area contributed by atoms with Crippen molar-refractivity contribution in [1.29, 1.82) is 0 Å². The normalized spacial score (nSPS) is 16.8. The van der Waals surface area contributed by atoms with Crippen LogP contribution in [0.5, 0.6) is 5.75 Å². The third-order valence-corrected chi connectivity index (χ3v) is 3.48. The second-order valence-corrected chi connectivity index (χ2v) is 5.07. The van der Waals surface area contributed by atoms with Gasteiger partial charge in [-0.3, -0.25) is 4.79 Å². The fourth-order valence-electron chi connectivity index (χ4n) is 2.30. The van der Waals surface area contributed by atoms with Crippen LogP contribution in [0.15, 0.2) is 24.3 Å². The summed E-state index contributed by atoms with van der Waals surface area (Å²) in [5.74, 6) is 0.970. The highest BCUT2D eigenvalue weighted by molar-refractivity contribution is 6.30. The molecular weight excluding hydrogens is 236 g/mol. The topological polar surface area (TPSA) is 26.3 Å². The molecule has 1 fully saturated rings. The molecular formula is C14H17ClO2. The first kappa shape index (κ1) is 12.4. The zero-order chi connectivity index (χ0) is 12.1. The molecule has 2 nitrogen and oxygen atoms in total. The molecule has 0 unspecified atom stereocenters. The first-order chi connectivity index (χ1) is 8.24. The zero-order valence-electron chi connectivity index (χ0n) is 9.82. The maximum absolute atomic E-state index is 11.7. The monoisotopic (exact) mass is 252 g/mol. The minimum absolute atomic E-state index is 0.126. The number of carbonyl (C=O) groups is 1. The lowest BCUT2D eigenvalue weighted by Crippen LogP contribution is -2.16. The average molecular weight is 253 g/mol. The Hall–Kier alpha value is -1.02. The standard InChI is InChI=1S/C14H17ClO2/c15-12-6-8-13(9-7-12)17-14(16)10-11-4-2-1-3-5-11/h6-9,11H,1-5,10H2. The largest absolute Gasteiger partial charge is 0.427 e. The molecule has 1 aliphatic carbocycles. The van der Waals surface area contributed by atoms with Crippen LogP contribution in [0.3, 0.4) is 0 Å². The first-order valence-corrected chi connectivity index (χ1v) is 6.58. The van der Waals surface area contributed by atoms with Gasteiger partial charge in [0.25, 0.3) is 0 Å². The van der Waals surface area contributed by atoms with E-state index in [9.17, 15) is 4.79 Å². The Labute approximate surface area is 107 Å². The van der Waals surface area contributed by atoms with Gasteiger partial charge in [0.15, 0.2) is 0 Å². The minimum atomic E-state index is -0.126. The summed E-state index contributed by atoms with van der Waals surface area (Å²) in [6, 6.07) is 6.90. The van der Waals surface area contributed by atoms with Gasteiger partial charge in [0.1, 0.15) is 5.75 Å². The number of carbonyl (C=O) groups excluding carboxylic acids is 1. The van der Waals surface area contributed by atoms with Crippen LogP contribution >= 0.6 is 11.6 Å². The van der Waals surface area contributed by atoms with Crippen molar-refractivity contribution in [3.05, 3.63) is 29.3 Å². The van der Waals surface area contributed by atoms with Crippen molar-refractivity contribution in [2.24, 2.45) is 5.92 Å². The Morgan fingerprint density at radius 1 is 1.18 bits per heavy atom. The molecule has 1 aromatic rings. The van der Waals surface area contributed by atoms with Crippen molar-refractivity contribution in [2.45, 2.75) is 38.5 Å². The smallest absolute Gasteiger partial charge is 0.311 e. The van der Waals surface area contributed by atoms with Gasteiger partial charge in [-0.2, -0.15) is 0 Å². The number of hydrogen-bond donors (Lipinski definition) is 0. The summed E-state index contributed by atoms with van der Waals surface area (Å²) in [7, 11) is 0. The van der Waals surface area contributed by atoms with Crippen LogP contribution in [0.25, 0.3) is 0 Å². The van der Waals surface area contributed by atoms with Gasteiger partial charge in [0.2, 0.25) is 0 Å². The van der Waals surface area contributed by atoms with Crippen LogP contribution in [0.1, 0.15) is 38.5 Å². The van der Waals surface area contributed by atoms with Gasteiger partial charge in [-0.15, -0.1) is 0 Å². The summed E-state index contributed by atoms with van der Waals surface area (Å²) in [5.41, 5.74) is 0. The molecule has 1 saturated carbocycles. The molecule has 0 saturated heterocycles. The lowest BCUT2D eigenvalue weighted by molar-refractivity contribution is -0.135. The molecule has 2 rings (SSSR count).